The summed E-state index contributed by atoms with van der Waals surface area (Å²) in [5.41, 5.74) is 0.391. The molecule has 1 aromatic carbocycles. The van der Waals surface area contributed by atoms with Gasteiger partial charge in [0.25, 0.3) is 5.91 Å². The molecule has 0 saturated carbocycles. The normalized spacial score (nSPS) is 14.9. The van der Waals surface area contributed by atoms with Crippen LogP contribution in [0.1, 0.15) is 10.4 Å². The van der Waals surface area contributed by atoms with Crippen molar-refractivity contribution in [3.05, 3.63) is 48.0 Å². The molecule has 0 unspecified atom stereocenters. The van der Waals surface area contributed by atoms with Crippen molar-refractivity contribution in [3.8, 4) is 0 Å². The first kappa shape index (κ1) is 15.7. The molecular weight excluding hydrogens is 315 g/mol. The average molecular weight is 332 g/mol. The van der Waals surface area contributed by atoms with Gasteiger partial charge in [-0.2, -0.15) is 0 Å². The Morgan fingerprint density at radius 3 is 2.70 bits per heavy atom. The second kappa shape index (κ2) is 6.95. The molecule has 7 heteroatoms. The highest BCUT2D eigenvalue weighted by atomic mass is 32.2. The summed E-state index contributed by atoms with van der Waals surface area (Å²) >= 11 is 1.55. The third kappa shape index (κ3) is 3.61. The van der Waals surface area contributed by atoms with Crippen LogP contribution in [0.2, 0.25) is 0 Å². The lowest BCUT2D eigenvalue weighted by Crippen LogP contribution is -2.49. The second-order valence-corrected chi connectivity index (χ2v) is 6.04. The standard InChI is InChI=1S/C16H17FN4OS/c1-23-15-11-18-10-14(19-15)20-5-7-21(8-6-20)16(22)12-3-2-4-13(17)9-12/h2-4,9-11H,5-8H2,1H3. The van der Waals surface area contributed by atoms with E-state index in [1.165, 1.54) is 12.1 Å². The molecular formula is C16H17FN4OS. The van der Waals surface area contributed by atoms with Crippen LogP contribution in [0.4, 0.5) is 10.2 Å². The number of anilines is 1. The van der Waals surface area contributed by atoms with Crippen LogP contribution in [0.15, 0.2) is 41.7 Å². The first-order chi connectivity index (χ1) is 11.2. The van der Waals surface area contributed by atoms with E-state index < -0.39 is 5.82 Å². The number of nitrogens with zero attached hydrogens (tertiary/aromatic N) is 4. The Balaban J connectivity index is 1.65. The maximum Gasteiger partial charge on any atom is 0.254 e. The Bertz CT molecular complexity index is 704. The van der Waals surface area contributed by atoms with E-state index in [2.05, 4.69) is 14.9 Å². The smallest absolute Gasteiger partial charge is 0.254 e. The highest BCUT2D eigenvalue weighted by molar-refractivity contribution is 7.98. The number of halogens is 1. The monoisotopic (exact) mass is 332 g/mol. The van der Waals surface area contributed by atoms with Gasteiger partial charge in [0.15, 0.2) is 0 Å². The molecule has 1 amide bonds. The van der Waals surface area contributed by atoms with E-state index in [1.807, 2.05) is 6.26 Å². The number of hydrogen-bond donors (Lipinski definition) is 0. The lowest BCUT2D eigenvalue weighted by Gasteiger charge is -2.35. The van der Waals surface area contributed by atoms with Crippen molar-refractivity contribution in [1.29, 1.82) is 0 Å². The maximum absolute atomic E-state index is 13.3. The summed E-state index contributed by atoms with van der Waals surface area (Å²) < 4.78 is 13.3. The van der Waals surface area contributed by atoms with E-state index in [-0.39, 0.29) is 5.91 Å². The minimum Gasteiger partial charge on any atom is -0.352 e. The van der Waals surface area contributed by atoms with Crippen LogP contribution in [0, 0.1) is 5.82 Å². The van der Waals surface area contributed by atoms with E-state index in [1.54, 1.807) is 41.2 Å². The predicted octanol–water partition coefficient (Wildman–Crippen LogP) is 2.30. The molecule has 0 aliphatic carbocycles. The van der Waals surface area contributed by atoms with Crippen molar-refractivity contribution >= 4 is 23.5 Å². The number of benzene rings is 1. The quantitative estimate of drug-likeness (QED) is 0.807. The lowest BCUT2D eigenvalue weighted by atomic mass is 10.1. The molecule has 1 saturated heterocycles. The summed E-state index contributed by atoms with van der Waals surface area (Å²) in [7, 11) is 0. The molecule has 1 aliphatic heterocycles. The van der Waals surface area contributed by atoms with E-state index in [9.17, 15) is 9.18 Å². The Hall–Kier alpha value is -2.15. The van der Waals surface area contributed by atoms with Gasteiger partial charge in [-0.15, -0.1) is 11.8 Å². The number of carbonyl (C=O) groups excluding carboxylic acids is 1. The first-order valence-electron chi connectivity index (χ1n) is 7.33. The van der Waals surface area contributed by atoms with E-state index in [0.717, 1.165) is 10.8 Å². The molecule has 5 nitrogen and oxygen atoms in total. The Morgan fingerprint density at radius 1 is 1.22 bits per heavy atom. The number of rotatable bonds is 3. The van der Waals surface area contributed by atoms with E-state index in [4.69, 9.17) is 0 Å². The summed E-state index contributed by atoms with van der Waals surface area (Å²) in [6.45, 7) is 2.54. The van der Waals surface area contributed by atoms with Gasteiger partial charge in [0.2, 0.25) is 0 Å². The van der Waals surface area contributed by atoms with Gasteiger partial charge in [-0.25, -0.2) is 9.37 Å². The van der Waals surface area contributed by atoms with Crippen molar-refractivity contribution < 1.29 is 9.18 Å². The van der Waals surface area contributed by atoms with Gasteiger partial charge in [0.1, 0.15) is 16.7 Å². The molecule has 2 heterocycles. The zero-order valence-corrected chi connectivity index (χ0v) is 13.6. The summed E-state index contributed by atoms with van der Waals surface area (Å²) in [5, 5.41) is 0.876. The molecule has 0 bridgehead atoms. The van der Waals surface area contributed by atoms with E-state index in [0.29, 0.717) is 31.7 Å². The number of carbonyl (C=O) groups is 1. The van der Waals surface area contributed by atoms with Crippen LogP contribution in [-0.2, 0) is 0 Å². The molecule has 2 aromatic rings. The largest absolute Gasteiger partial charge is 0.352 e. The van der Waals surface area contributed by atoms with Crippen molar-refractivity contribution in [1.82, 2.24) is 14.9 Å². The fraction of sp³-hybridized carbons (Fsp3) is 0.312. The van der Waals surface area contributed by atoms with Crippen LogP contribution in [0.25, 0.3) is 0 Å². The molecule has 0 N–H and O–H groups in total. The zero-order chi connectivity index (χ0) is 16.2. The lowest BCUT2D eigenvalue weighted by molar-refractivity contribution is 0.0746. The summed E-state index contributed by atoms with van der Waals surface area (Å²) in [4.78, 5) is 25.0. The average Bonchev–Trinajstić information content (AvgIpc) is 2.61. The van der Waals surface area contributed by atoms with Gasteiger partial charge in [-0.3, -0.25) is 9.78 Å². The maximum atomic E-state index is 13.3. The molecule has 3 rings (SSSR count). The molecule has 0 atom stereocenters. The van der Waals surface area contributed by atoms with E-state index >= 15 is 0 Å². The molecule has 0 spiro atoms. The predicted molar refractivity (Wildman–Crippen MR) is 88.3 cm³/mol. The van der Waals surface area contributed by atoms with Gasteiger partial charge in [-0.05, 0) is 24.5 Å². The third-order valence-electron chi connectivity index (χ3n) is 3.77. The first-order valence-corrected chi connectivity index (χ1v) is 8.55. The molecule has 23 heavy (non-hydrogen) atoms. The molecule has 120 valence electrons. The molecule has 1 aromatic heterocycles. The Labute approximate surface area is 138 Å². The molecule has 1 fully saturated rings. The summed E-state index contributed by atoms with van der Waals surface area (Å²) in [6.07, 6.45) is 5.44. The zero-order valence-electron chi connectivity index (χ0n) is 12.8. The minimum absolute atomic E-state index is 0.131. The topological polar surface area (TPSA) is 49.3 Å². The van der Waals surface area contributed by atoms with Crippen LogP contribution in [0.5, 0.6) is 0 Å². The van der Waals surface area contributed by atoms with Gasteiger partial charge < -0.3 is 9.80 Å². The van der Waals surface area contributed by atoms with Crippen molar-refractivity contribution in [2.75, 3.05) is 37.3 Å². The summed E-state index contributed by atoms with van der Waals surface area (Å²) in [5.74, 6) is 0.307. The highest BCUT2D eigenvalue weighted by Crippen LogP contribution is 2.18. The number of amides is 1. The number of thioether (sulfide) groups is 1. The molecule has 1 aliphatic rings. The Morgan fingerprint density at radius 2 is 2.00 bits per heavy atom. The van der Waals surface area contributed by atoms with Crippen LogP contribution in [0.3, 0.4) is 0 Å². The number of piperazine rings is 1. The van der Waals surface area contributed by atoms with Crippen molar-refractivity contribution in [3.63, 3.8) is 0 Å². The Kier molecular flexibility index (Phi) is 4.76. The number of aromatic nitrogens is 2. The van der Waals surface area contributed by atoms with Gasteiger partial charge in [0, 0.05) is 31.7 Å². The van der Waals surface area contributed by atoms with Crippen LogP contribution in [-0.4, -0.2) is 53.2 Å². The van der Waals surface area contributed by atoms with Gasteiger partial charge >= 0.3 is 0 Å². The van der Waals surface area contributed by atoms with Gasteiger partial charge in [0.05, 0.1) is 12.4 Å². The van der Waals surface area contributed by atoms with Gasteiger partial charge in [-0.1, -0.05) is 6.07 Å². The molecule has 0 radical (unpaired) electrons. The van der Waals surface area contributed by atoms with Crippen LogP contribution >= 0.6 is 11.8 Å². The van der Waals surface area contributed by atoms with Crippen molar-refractivity contribution in [2.24, 2.45) is 0 Å². The second-order valence-electron chi connectivity index (χ2n) is 5.21. The SMILES string of the molecule is CSc1cncc(N2CCN(C(=O)c3cccc(F)c3)CC2)n1. The fourth-order valence-electron chi connectivity index (χ4n) is 2.53. The van der Waals surface area contributed by atoms with Crippen LogP contribution < -0.4 is 4.90 Å². The minimum atomic E-state index is -0.390. The fourth-order valence-corrected chi connectivity index (χ4v) is 2.88. The third-order valence-corrected chi connectivity index (χ3v) is 4.39. The highest BCUT2D eigenvalue weighted by Gasteiger charge is 2.23. The van der Waals surface area contributed by atoms with Crippen molar-refractivity contribution in [2.45, 2.75) is 5.03 Å². The summed E-state index contributed by atoms with van der Waals surface area (Å²) in [6, 6.07) is 5.82. The number of hydrogen-bond acceptors (Lipinski definition) is 5.